The lowest BCUT2D eigenvalue weighted by atomic mass is 10.2. The van der Waals surface area contributed by atoms with Gasteiger partial charge < -0.3 is 15.4 Å². The van der Waals surface area contributed by atoms with Gasteiger partial charge in [-0.15, -0.1) is 11.8 Å². The van der Waals surface area contributed by atoms with Gasteiger partial charge in [0.05, 0.1) is 17.4 Å². The molecule has 0 saturated heterocycles. The number of thioether (sulfide) groups is 1. The number of fused-ring (bicyclic) bond motifs is 1. The third-order valence-corrected chi connectivity index (χ3v) is 5.56. The SMILES string of the molecule is Cc1ccc(NC(=O)COC(=O)C[C@H]2Sc3ccccc3NC2=O)cc1Cl. The van der Waals surface area contributed by atoms with Crippen molar-refractivity contribution < 1.29 is 19.1 Å². The van der Waals surface area contributed by atoms with E-state index in [1.54, 1.807) is 24.3 Å². The number of hydrogen-bond donors (Lipinski definition) is 2. The van der Waals surface area contributed by atoms with Gasteiger partial charge in [-0.05, 0) is 36.8 Å². The van der Waals surface area contributed by atoms with E-state index in [0.29, 0.717) is 10.7 Å². The van der Waals surface area contributed by atoms with Gasteiger partial charge in [-0.1, -0.05) is 29.8 Å². The zero-order valence-corrected chi connectivity index (χ0v) is 16.0. The summed E-state index contributed by atoms with van der Waals surface area (Å²) in [5, 5.41) is 5.31. The number of rotatable bonds is 5. The summed E-state index contributed by atoms with van der Waals surface area (Å²) in [7, 11) is 0. The molecule has 1 aliphatic heterocycles. The number of para-hydroxylation sites is 1. The molecule has 0 fully saturated rings. The minimum Gasteiger partial charge on any atom is -0.456 e. The second-order valence-corrected chi connectivity index (χ2v) is 7.62. The summed E-state index contributed by atoms with van der Waals surface area (Å²) in [4.78, 5) is 36.9. The van der Waals surface area contributed by atoms with Crippen LogP contribution in [0, 0.1) is 6.92 Å². The highest BCUT2D eigenvalue weighted by Crippen LogP contribution is 2.36. The summed E-state index contributed by atoms with van der Waals surface area (Å²) >= 11 is 7.31. The van der Waals surface area contributed by atoms with Crippen molar-refractivity contribution in [2.45, 2.75) is 23.5 Å². The summed E-state index contributed by atoms with van der Waals surface area (Å²) in [6.07, 6.45) is -0.117. The van der Waals surface area contributed by atoms with Crippen LogP contribution < -0.4 is 10.6 Å². The first-order chi connectivity index (χ1) is 12.9. The first-order valence-electron chi connectivity index (χ1n) is 8.20. The van der Waals surface area contributed by atoms with Crippen molar-refractivity contribution in [2.24, 2.45) is 0 Å². The van der Waals surface area contributed by atoms with Gasteiger partial charge in [-0.3, -0.25) is 14.4 Å². The Morgan fingerprint density at radius 3 is 2.81 bits per heavy atom. The number of amides is 2. The molecule has 27 heavy (non-hydrogen) atoms. The molecule has 0 spiro atoms. The third-order valence-electron chi connectivity index (χ3n) is 3.88. The zero-order valence-electron chi connectivity index (χ0n) is 14.5. The molecule has 0 radical (unpaired) electrons. The molecule has 6 nitrogen and oxygen atoms in total. The average Bonchev–Trinajstić information content (AvgIpc) is 2.64. The Morgan fingerprint density at radius 2 is 2.04 bits per heavy atom. The minimum atomic E-state index is -0.612. The first kappa shape index (κ1) is 19.3. The summed E-state index contributed by atoms with van der Waals surface area (Å²) < 4.78 is 4.99. The number of esters is 1. The Kier molecular flexibility index (Phi) is 6.03. The van der Waals surface area contributed by atoms with Gasteiger partial charge >= 0.3 is 5.97 Å². The van der Waals surface area contributed by atoms with E-state index in [-0.39, 0.29) is 12.3 Å². The zero-order chi connectivity index (χ0) is 19.4. The normalized spacial score (nSPS) is 15.5. The largest absolute Gasteiger partial charge is 0.456 e. The lowest BCUT2D eigenvalue weighted by Crippen LogP contribution is -2.32. The Morgan fingerprint density at radius 1 is 1.26 bits per heavy atom. The Balaban J connectivity index is 1.49. The minimum absolute atomic E-state index is 0.117. The van der Waals surface area contributed by atoms with E-state index < -0.39 is 23.7 Å². The van der Waals surface area contributed by atoms with Crippen molar-refractivity contribution in [2.75, 3.05) is 17.2 Å². The lowest BCUT2D eigenvalue weighted by molar-refractivity contribution is -0.147. The van der Waals surface area contributed by atoms with Crippen molar-refractivity contribution in [3.8, 4) is 0 Å². The molecule has 1 heterocycles. The van der Waals surface area contributed by atoms with E-state index in [1.165, 1.54) is 11.8 Å². The van der Waals surface area contributed by atoms with Gasteiger partial charge in [0.1, 0.15) is 0 Å². The Hall–Kier alpha value is -2.51. The molecule has 8 heteroatoms. The van der Waals surface area contributed by atoms with Gasteiger partial charge in [0.2, 0.25) is 5.91 Å². The second-order valence-electron chi connectivity index (χ2n) is 5.97. The van der Waals surface area contributed by atoms with Gasteiger partial charge in [0, 0.05) is 15.6 Å². The third kappa shape index (κ3) is 5.02. The smallest absolute Gasteiger partial charge is 0.307 e. The number of carbonyl (C=O) groups is 3. The molecule has 2 N–H and O–H groups in total. The van der Waals surface area contributed by atoms with E-state index >= 15 is 0 Å². The Bertz CT molecular complexity index is 903. The van der Waals surface area contributed by atoms with Crippen molar-refractivity contribution in [1.82, 2.24) is 0 Å². The predicted octanol–water partition coefficient (Wildman–Crippen LogP) is 3.63. The van der Waals surface area contributed by atoms with Crippen LogP contribution >= 0.6 is 23.4 Å². The van der Waals surface area contributed by atoms with Crippen LogP contribution in [0.25, 0.3) is 0 Å². The number of halogens is 1. The van der Waals surface area contributed by atoms with Crippen LogP contribution in [-0.2, 0) is 19.1 Å². The number of carbonyl (C=O) groups excluding carboxylic acids is 3. The van der Waals surface area contributed by atoms with E-state index in [9.17, 15) is 14.4 Å². The van der Waals surface area contributed by atoms with Crippen LogP contribution in [-0.4, -0.2) is 29.6 Å². The van der Waals surface area contributed by atoms with Crippen LogP contribution in [0.5, 0.6) is 0 Å². The van der Waals surface area contributed by atoms with Crippen molar-refractivity contribution >= 4 is 52.5 Å². The summed E-state index contributed by atoms with van der Waals surface area (Å²) in [6, 6.07) is 12.5. The van der Waals surface area contributed by atoms with Gasteiger partial charge in [-0.25, -0.2) is 0 Å². The molecule has 0 saturated carbocycles. The molecular weight excluding hydrogens is 388 g/mol. The molecule has 1 aliphatic rings. The monoisotopic (exact) mass is 404 g/mol. The first-order valence-corrected chi connectivity index (χ1v) is 9.46. The van der Waals surface area contributed by atoms with Gasteiger partial charge in [0.25, 0.3) is 5.91 Å². The summed E-state index contributed by atoms with van der Waals surface area (Å²) in [6.45, 7) is 1.42. The quantitative estimate of drug-likeness (QED) is 0.743. The maximum atomic E-state index is 12.1. The van der Waals surface area contributed by atoms with Gasteiger partial charge in [0.15, 0.2) is 6.61 Å². The molecule has 0 bridgehead atoms. The van der Waals surface area contributed by atoms with Crippen molar-refractivity contribution in [3.63, 3.8) is 0 Å². The van der Waals surface area contributed by atoms with Gasteiger partial charge in [-0.2, -0.15) is 0 Å². The maximum absolute atomic E-state index is 12.1. The molecule has 0 aromatic heterocycles. The molecule has 140 valence electrons. The maximum Gasteiger partial charge on any atom is 0.307 e. The number of benzene rings is 2. The molecular formula is C19H17ClN2O4S. The highest BCUT2D eigenvalue weighted by atomic mass is 35.5. The molecule has 1 atom stereocenters. The Labute approximate surface area is 165 Å². The van der Waals surface area contributed by atoms with Crippen molar-refractivity contribution in [3.05, 3.63) is 53.1 Å². The van der Waals surface area contributed by atoms with Crippen molar-refractivity contribution in [1.29, 1.82) is 0 Å². The van der Waals surface area contributed by atoms with Crippen LogP contribution in [0.3, 0.4) is 0 Å². The topological polar surface area (TPSA) is 84.5 Å². The number of ether oxygens (including phenoxy) is 1. The molecule has 3 rings (SSSR count). The van der Waals surface area contributed by atoms with E-state index in [2.05, 4.69) is 10.6 Å². The summed E-state index contributed by atoms with van der Waals surface area (Å²) in [5.74, 6) is -1.34. The number of hydrogen-bond acceptors (Lipinski definition) is 5. The molecule has 2 aromatic carbocycles. The molecule has 0 aliphatic carbocycles. The van der Waals surface area contributed by atoms with Crippen LogP contribution in [0.4, 0.5) is 11.4 Å². The van der Waals surface area contributed by atoms with Crippen LogP contribution in [0.1, 0.15) is 12.0 Å². The molecule has 2 aromatic rings. The number of aryl methyl sites for hydroxylation is 1. The summed E-state index contributed by atoms with van der Waals surface area (Å²) in [5.41, 5.74) is 2.14. The van der Waals surface area contributed by atoms with Crippen LogP contribution in [0.15, 0.2) is 47.4 Å². The predicted molar refractivity (Wildman–Crippen MR) is 105 cm³/mol. The fourth-order valence-electron chi connectivity index (χ4n) is 2.45. The average molecular weight is 405 g/mol. The van der Waals surface area contributed by atoms with E-state index in [0.717, 1.165) is 16.1 Å². The molecule has 0 unspecified atom stereocenters. The fraction of sp³-hybridized carbons (Fsp3) is 0.211. The standard InChI is InChI=1S/C19H17ClN2O4S/c1-11-6-7-12(8-13(11)20)21-17(23)10-26-18(24)9-16-19(25)22-14-4-2-3-5-15(14)27-16/h2-8,16H,9-10H2,1H3,(H,21,23)(H,22,25)/t16-/m1/s1. The number of nitrogens with one attached hydrogen (secondary N) is 2. The lowest BCUT2D eigenvalue weighted by Gasteiger charge is -2.23. The highest BCUT2D eigenvalue weighted by molar-refractivity contribution is 8.01. The highest BCUT2D eigenvalue weighted by Gasteiger charge is 2.29. The fourth-order valence-corrected chi connectivity index (χ4v) is 3.73. The van der Waals surface area contributed by atoms with Crippen LogP contribution in [0.2, 0.25) is 5.02 Å². The van der Waals surface area contributed by atoms with E-state index in [4.69, 9.17) is 16.3 Å². The second kappa shape index (κ2) is 8.45. The molecule has 2 amide bonds. The number of anilines is 2. The van der Waals surface area contributed by atoms with E-state index in [1.807, 2.05) is 25.1 Å².